The lowest BCUT2D eigenvalue weighted by molar-refractivity contribution is -0.113. The highest BCUT2D eigenvalue weighted by Gasteiger charge is 2.08. The lowest BCUT2D eigenvalue weighted by Gasteiger charge is -2.08. The van der Waals surface area contributed by atoms with E-state index in [1.165, 1.54) is 11.8 Å². The van der Waals surface area contributed by atoms with Crippen LogP contribution < -0.4 is 11.1 Å². The summed E-state index contributed by atoms with van der Waals surface area (Å²) in [5, 5.41) is 11.7. The van der Waals surface area contributed by atoms with Gasteiger partial charge in [0.05, 0.1) is 17.0 Å². The number of hydrogen-bond donors (Lipinski definition) is 2. The summed E-state index contributed by atoms with van der Waals surface area (Å²) in [6.45, 7) is 0. The Morgan fingerprint density at radius 1 is 1.33 bits per heavy atom. The van der Waals surface area contributed by atoms with Crippen molar-refractivity contribution in [1.82, 2.24) is 0 Å². The van der Waals surface area contributed by atoms with Crippen LogP contribution in [-0.4, -0.2) is 11.7 Å². The van der Waals surface area contributed by atoms with E-state index in [-0.39, 0.29) is 11.7 Å². The molecule has 6 heteroatoms. The van der Waals surface area contributed by atoms with E-state index in [2.05, 4.69) is 21.2 Å². The van der Waals surface area contributed by atoms with Crippen molar-refractivity contribution >= 4 is 45.0 Å². The second-order valence-electron chi connectivity index (χ2n) is 4.18. The van der Waals surface area contributed by atoms with Crippen LogP contribution in [0.15, 0.2) is 51.8 Å². The van der Waals surface area contributed by atoms with Gasteiger partial charge >= 0.3 is 0 Å². The van der Waals surface area contributed by atoms with Crippen LogP contribution in [0, 0.1) is 11.3 Å². The molecule has 0 saturated heterocycles. The minimum Gasteiger partial charge on any atom is -0.398 e. The minimum atomic E-state index is -0.176. The Morgan fingerprint density at radius 3 is 2.81 bits per heavy atom. The number of thioether (sulfide) groups is 1. The van der Waals surface area contributed by atoms with E-state index < -0.39 is 0 Å². The van der Waals surface area contributed by atoms with Gasteiger partial charge in [-0.25, -0.2) is 0 Å². The Kier molecular flexibility index (Phi) is 5.26. The summed E-state index contributed by atoms with van der Waals surface area (Å²) in [5.74, 6) is 0.0519. The molecule has 2 aromatic carbocycles. The lowest BCUT2D eigenvalue weighted by Crippen LogP contribution is -2.15. The highest BCUT2D eigenvalue weighted by molar-refractivity contribution is 9.10. The zero-order chi connectivity index (χ0) is 15.2. The van der Waals surface area contributed by atoms with Crippen molar-refractivity contribution in [3.63, 3.8) is 0 Å². The van der Waals surface area contributed by atoms with Gasteiger partial charge in [-0.3, -0.25) is 4.79 Å². The second-order valence-corrected chi connectivity index (χ2v) is 6.11. The Hall–Kier alpha value is -1.97. The number of nitriles is 1. The number of carbonyl (C=O) groups is 1. The second kappa shape index (κ2) is 7.16. The Bertz CT molecular complexity index is 712. The number of nitrogens with one attached hydrogen (secondary N) is 1. The zero-order valence-electron chi connectivity index (χ0n) is 11.0. The fourth-order valence-electron chi connectivity index (χ4n) is 1.67. The number of anilines is 2. The van der Waals surface area contributed by atoms with Gasteiger partial charge in [0.1, 0.15) is 6.07 Å². The maximum atomic E-state index is 11.9. The summed E-state index contributed by atoms with van der Waals surface area (Å²) in [6.07, 6.45) is 0. The van der Waals surface area contributed by atoms with Gasteiger partial charge in [-0.15, -0.1) is 11.8 Å². The van der Waals surface area contributed by atoms with Gasteiger partial charge in [0, 0.05) is 15.1 Å². The van der Waals surface area contributed by atoms with Gasteiger partial charge in [-0.2, -0.15) is 5.26 Å². The van der Waals surface area contributed by atoms with E-state index in [0.717, 1.165) is 9.37 Å². The molecule has 0 spiro atoms. The van der Waals surface area contributed by atoms with Crippen LogP contribution in [0.2, 0.25) is 0 Å². The average molecular weight is 362 g/mol. The first-order valence-corrected chi connectivity index (χ1v) is 7.85. The number of carbonyl (C=O) groups excluding carboxylic acids is 1. The normalized spacial score (nSPS) is 9.90. The number of hydrogen-bond acceptors (Lipinski definition) is 4. The van der Waals surface area contributed by atoms with Gasteiger partial charge in [0.2, 0.25) is 5.91 Å². The minimum absolute atomic E-state index is 0.176. The zero-order valence-corrected chi connectivity index (χ0v) is 13.4. The molecule has 0 atom stereocenters. The lowest BCUT2D eigenvalue weighted by atomic mass is 10.2. The summed E-state index contributed by atoms with van der Waals surface area (Å²) in [4.78, 5) is 12.8. The molecule has 106 valence electrons. The Balaban J connectivity index is 1.98. The van der Waals surface area contributed by atoms with Gasteiger partial charge in [-0.05, 0) is 30.3 Å². The number of halogens is 1. The van der Waals surface area contributed by atoms with Crippen LogP contribution in [0.5, 0.6) is 0 Å². The first kappa shape index (κ1) is 15.4. The van der Waals surface area contributed by atoms with Crippen LogP contribution in [0.3, 0.4) is 0 Å². The number of amides is 1. The third-order valence-electron chi connectivity index (χ3n) is 2.65. The highest BCUT2D eigenvalue weighted by atomic mass is 79.9. The molecule has 0 radical (unpaired) electrons. The molecule has 1 amide bonds. The van der Waals surface area contributed by atoms with E-state index in [1.807, 2.05) is 18.2 Å². The maximum Gasteiger partial charge on any atom is 0.234 e. The molecule has 0 aromatic heterocycles. The SMILES string of the molecule is N#Cc1ccccc1NC(=O)CSc1ccc(Br)cc1N. The third kappa shape index (κ3) is 4.25. The molecule has 0 fully saturated rings. The average Bonchev–Trinajstić information content (AvgIpc) is 2.47. The van der Waals surface area contributed by atoms with Gasteiger partial charge in [0.15, 0.2) is 0 Å². The van der Waals surface area contributed by atoms with E-state index in [9.17, 15) is 4.79 Å². The van der Waals surface area contributed by atoms with Crippen molar-refractivity contribution in [2.24, 2.45) is 0 Å². The summed E-state index contributed by atoms with van der Waals surface area (Å²) in [5.41, 5.74) is 7.47. The van der Waals surface area contributed by atoms with E-state index >= 15 is 0 Å². The predicted octanol–water partition coefficient (Wildman–Crippen LogP) is 3.63. The van der Waals surface area contributed by atoms with Crippen molar-refractivity contribution in [1.29, 1.82) is 5.26 Å². The molecule has 0 bridgehead atoms. The van der Waals surface area contributed by atoms with Crippen molar-refractivity contribution in [2.45, 2.75) is 4.90 Å². The van der Waals surface area contributed by atoms with E-state index in [4.69, 9.17) is 11.0 Å². The summed E-state index contributed by atoms with van der Waals surface area (Å²) < 4.78 is 0.900. The van der Waals surface area contributed by atoms with Crippen LogP contribution in [0.4, 0.5) is 11.4 Å². The van der Waals surface area contributed by atoms with Crippen molar-refractivity contribution in [2.75, 3.05) is 16.8 Å². The van der Waals surface area contributed by atoms with E-state index in [0.29, 0.717) is 16.9 Å². The highest BCUT2D eigenvalue weighted by Crippen LogP contribution is 2.28. The molecule has 0 heterocycles. The number of nitrogens with zero attached hydrogens (tertiary/aromatic N) is 1. The number of nitrogens with two attached hydrogens (primary N) is 1. The molecule has 0 unspecified atom stereocenters. The first-order chi connectivity index (χ1) is 10.1. The molecule has 3 N–H and O–H groups in total. The number of para-hydroxylation sites is 1. The standard InChI is InChI=1S/C15H12BrN3OS/c16-11-5-6-14(12(18)7-11)21-9-15(20)19-13-4-2-1-3-10(13)8-17/h1-7H,9,18H2,(H,19,20). The van der Waals surface area contributed by atoms with E-state index in [1.54, 1.807) is 30.3 Å². The van der Waals surface area contributed by atoms with Gasteiger partial charge in [0.25, 0.3) is 0 Å². The maximum absolute atomic E-state index is 11.9. The van der Waals surface area contributed by atoms with Crippen LogP contribution in [0.1, 0.15) is 5.56 Å². The fourth-order valence-corrected chi connectivity index (χ4v) is 2.80. The molecule has 0 aliphatic carbocycles. The number of nitrogen functional groups attached to an aromatic ring is 1. The van der Waals surface area contributed by atoms with Crippen molar-refractivity contribution in [3.8, 4) is 6.07 Å². The molecular weight excluding hydrogens is 350 g/mol. The smallest absolute Gasteiger partial charge is 0.234 e. The Morgan fingerprint density at radius 2 is 2.10 bits per heavy atom. The molecule has 2 rings (SSSR count). The third-order valence-corrected chi connectivity index (χ3v) is 4.23. The summed E-state index contributed by atoms with van der Waals surface area (Å²) in [7, 11) is 0. The number of benzene rings is 2. The quantitative estimate of drug-likeness (QED) is 0.643. The molecular formula is C15H12BrN3OS. The molecule has 0 aliphatic rings. The van der Waals surface area contributed by atoms with Crippen molar-refractivity contribution < 1.29 is 4.79 Å². The van der Waals surface area contributed by atoms with Crippen LogP contribution in [-0.2, 0) is 4.79 Å². The molecule has 21 heavy (non-hydrogen) atoms. The molecule has 2 aromatic rings. The van der Waals surface area contributed by atoms with Crippen LogP contribution in [0.25, 0.3) is 0 Å². The number of rotatable bonds is 4. The summed E-state index contributed by atoms with van der Waals surface area (Å²) >= 11 is 4.69. The molecule has 4 nitrogen and oxygen atoms in total. The molecule has 0 aliphatic heterocycles. The fraction of sp³-hybridized carbons (Fsp3) is 0.0667. The van der Waals surface area contributed by atoms with Gasteiger partial charge in [-0.1, -0.05) is 28.1 Å². The predicted molar refractivity (Wildman–Crippen MR) is 89.1 cm³/mol. The topological polar surface area (TPSA) is 78.9 Å². The van der Waals surface area contributed by atoms with Gasteiger partial charge < -0.3 is 11.1 Å². The van der Waals surface area contributed by atoms with Crippen LogP contribution >= 0.6 is 27.7 Å². The monoisotopic (exact) mass is 361 g/mol. The first-order valence-electron chi connectivity index (χ1n) is 6.07. The van der Waals surface area contributed by atoms with Crippen molar-refractivity contribution in [3.05, 3.63) is 52.5 Å². The summed E-state index contributed by atoms with van der Waals surface area (Å²) in [6, 6.07) is 14.5. The Labute approximate surface area is 135 Å². The largest absolute Gasteiger partial charge is 0.398 e. The molecule has 0 saturated carbocycles.